The molecular formula is C20H14IN3O. The second kappa shape index (κ2) is 6.68. The van der Waals surface area contributed by atoms with Crippen LogP contribution in [0.1, 0.15) is 10.4 Å². The van der Waals surface area contributed by atoms with Crippen LogP contribution in [0.2, 0.25) is 0 Å². The first kappa shape index (κ1) is 15.8. The molecule has 122 valence electrons. The first-order chi connectivity index (χ1) is 12.2. The summed E-state index contributed by atoms with van der Waals surface area (Å²) in [6, 6.07) is 21.1. The number of imidazole rings is 1. The molecule has 0 atom stereocenters. The van der Waals surface area contributed by atoms with Crippen molar-refractivity contribution in [1.29, 1.82) is 0 Å². The highest BCUT2D eigenvalue weighted by Gasteiger charge is 2.09. The summed E-state index contributed by atoms with van der Waals surface area (Å²) in [4.78, 5) is 17.0. The molecule has 2 heterocycles. The molecule has 0 fully saturated rings. The molecule has 0 spiro atoms. The highest BCUT2D eigenvalue weighted by atomic mass is 127. The maximum absolute atomic E-state index is 12.4. The average molecular weight is 439 g/mol. The molecule has 4 aromatic rings. The third-order valence-electron chi connectivity index (χ3n) is 3.87. The third kappa shape index (κ3) is 3.41. The Morgan fingerprint density at radius 1 is 1.00 bits per heavy atom. The van der Waals surface area contributed by atoms with E-state index in [1.165, 1.54) is 0 Å². The van der Waals surface area contributed by atoms with Crippen LogP contribution >= 0.6 is 22.6 Å². The first-order valence-electron chi connectivity index (χ1n) is 7.80. The van der Waals surface area contributed by atoms with E-state index in [4.69, 9.17) is 0 Å². The van der Waals surface area contributed by atoms with Crippen LogP contribution in [0, 0.1) is 3.57 Å². The van der Waals surface area contributed by atoms with E-state index in [2.05, 4.69) is 32.9 Å². The van der Waals surface area contributed by atoms with Gasteiger partial charge in [-0.3, -0.25) is 4.79 Å². The fourth-order valence-corrected chi connectivity index (χ4v) is 3.21. The zero-order valence-electron chi connectivity index (χ0n) is 13.2. The van der Waals surface area contributed by atoms with Gasteiger partial charge in [0.05, 0.1) is 5.69 Å². The highest BCUT2D eigenvalue weighted by Crippen LogP contribution is 2.23. The van der Waals surface area contributed by atoms with Crippen LogP contribution in [0.25, 0.3) is 16.9 Å². The lowest BCUT2D eigenvalue weighted by molar-refractivity contribution is 0.102. The molecule has 0 radical (unpaired) electrons. The molecule has 25 heavy (non-hydrogen) atoms. The molecule has 1 amide bonds. The van der Waals surface area contributed by atoms with Gasteiger partial charge in [-0.25, -0.2) is 4.98 Å². The standard InChI is InChI=1S/C20H14IN3O/c21-16-7-3-6-15(11-16)20(25)22-17-8-4-5-14(12-17)18-13-24-10-2-1-9-19(24)23-18/h1-13H,(H,22,25). The number of rotatable bonds is 3. The Bertz CT molecular complexity index is 1040. The molecule has 0 aliphatic heterocycles. The van der Waals surface area contributed by atoms with Crippen LogP contribution in [0.4, 0.5) is 5.69 Å². The van der Waals surface area contributed by atoms with Crippen LogP contribution in [-0.2, 0) is 0 Å². The molecule has 0 saturated carbocycles. The van der Waals surface area contributed by atoms with Crippen molar-refractivity contribution in [1.82, 2.24) is 9.38 Å². The maximum Gasteiger partial charge on any atom is 0.255 e. The first-order valence-corrected chi connectivity index (χ1v) is 8.88. The van der Waals surface area contributed by atoms with Gasteiger partial charge in [0.25, 0.3) is 5.91 Å². The number of halogens is 1. The van der Waals surface area contributed by atoms with Crippen molar-refractivity contribution >= 4 is 39.8 Å². The van der Waals surface area contributed by atoms with Gasteiger partial charge in [-0.1, -0.05) is 24.3 Å². The maximum atomic E-state index is 12.4. The predicted octanol–water partition coefficient (Wildman–Crippen LogP) is 4.86. The zero-order chi connectivity index (χ0) is 17.2. The minimum absolute atomic E-state index is 0.120. The number of nitrogens with zero attached hydrogens (tertiary/aromatic N) is 2. The van der Waals surface area contributed by atoms with Gasteiger partial charge in [0.1, 0.15) is 5.65 Å². The van der Waals surface area contributed by atoms with E-state index in [9.17, 15) is 4.79 Å². The van der Waals surface area contributed by atoms with Crippen LogP contribution < -0.4 is 5.32 Å². The van der Waals surface area contributed by atoms with E-state index in [-0.39, 0.29) is 5.91 Å². The molecule has 0 aliphatic carbocycles. The lowest BCUT2D eigenvalue weighted by atomic mass is 10.1. The van der Waals surface area contributed by atoms with Gasteiger partial charge in [0, 0.05) is 32.8 Å². The van der Waals surface area contributed by atoms with Crippen LogP contribution in [-0.4, -0.2) is 15.3 Å². The average Bonchev–Trinajstić information content (AvgIpc) is 3.06. The normalized spacial score (nSPS) is 10.8. The van der Waals surface area contributed by atoms with Crippen LogP contribution in [0.15, 0.2) is 79.1 Å². The van der Waals surface area contributed by atoms with E-state index in [1.807, 2.05) is 83.5 Å². The van der Waals surface area contributed by atoms with Gasteiger partial charge in [-0.2, -0.15) is 0 Å². The summed E-state index contributed by atoms with van der Waals surface area (Å²) in [6.07, 6.45) is 3.95. The summed E-state index contributed by atoms with van der Waals surface area (Å²) >= 11 is 2.20. The van der Waals surface area contributed by atoms with Crippen LogP contribution in [0.5, 0.6) is 0 Å². The number of amides is 1. The summed E-state index contributed by atoms with van der Waals surface area (Å²) in [5.74, 6) is -0.120. The number of anilines is 1. The lowest BCUT2D eigenvalue weighted by Crippen LogP contribution is -2.11. The van der Waals surface area contributed by atoms with E-state index < -0.39 is 0 Å². The van der Waals surface area contributed by atoms with Crippen molar-refractivity contribution in [3.8, 4) is 11.3 Å². The monoisotopic (exact) mass is 439 g/mol. The van der Waals surface area contributed by atoms with Crippen molar-refractivity contribution in [3.05, 3.63) is 88.3 Å². The van der Waals surface area contributed by atoms with Crippen molar-refractivity contribution in [2.45, 2.75) is 0 Å². The molecule has 0 aliphatic rings. The molecule has 0 bridgehead atoms. The Morgan fingerprint density at radius 2 is 1.88 bits per heavy atom. The largest absolute Gasteiger partial charge is 0.322 e. The number of benzene rings is 2. The summed E-state index contributed by atoms with van der Waals surface area (Å²) < 4.78 is 3.01. The van der Waals surface area contributed by atoms with Crippen molar-refractivity contribution < 1.29 is 4.79 Å². The number of nitrogens with one attached hydrogen (secondary N) is 1. The smallest absolute Gasteiger partial charge is 0.255 e. The SMILES string of the molecule is O=C(Nc1cccc(-c2cn3ccccc3n2)c1)c1cccc(I)c1. The van der Waals surface area contributed by atoms with Crippen molar-refractivity contribution in [2.24, 2.45) is 0 Å². The van der Waals surface area contributed by atoms with Gasteiger partial charge < -0.3 is 9.72 Å². The molecule has 0 unspecified atom stereocenters. The van der Waals surface area contributed by atoms with Crippen molar-refractivity contribution in [3.63, 3.8) is 0 Å². The van der Waals surface area contributed by atoms with Gasteiger partial charge in [0.15, 0.2) is 0 Å². The zero-order valence-corrected chi connectivity index (χ0v) is 15.3. The Hall–Kier alpha value is -2.67. The van der Waals surface area contributed by atoms with E-state index in [1.54, 1.807) is 0 Å². The summed E-state index contributed by atoms with van der Waals surface area (Å²) in [5.41, 5.74) is 4.12. The molecule has 4 rings (SSSR count). The Balaban J connectivity index is 1.62. The van der Waals surface area contributed by atoms with Gasteiger partial charge in [-0.05, 0) is 65.1 Å². The number of carbonyl (C=O) groups excluding carboxylic acids is 1. The third-order valence-corrected chi connectivity index (χ3v) is 4.54. The summed E-state index contributed by atoms with van der Waals surface area (Å²) in [6.45, 7) is 0. The lowest BCUT2D eigenvalue weighted by Gasteiger charge is -2.07. The van der Waals surface area contributed by atoms with E-state index in [0.29, 0.717) is 5.56 Å². The molecule has 4 nitrogen and oxygen atoms in total. The fraction of sp³-hybridized carbons (Fsp3) is 0. The Kier molecular flexibility index (Phi) is 4.23. The molecule has 5 heteroatoms. The van der Waals surface area contributed by atoms with E-state index in [0.717, 1.165) is 26.2 Å². The van der Waals surface area contributed by atoms with E-state index >= 15 is 0 Å². The number of aromatic nitrogens is 2. The fourth-order valence-electron chi connectivity index (χ4n) is 2.66. The van der Waals surface area contributed by atoms with Gasteiger partial charge >= 0.3 is 0 Å². The second-order valence-corrected chi connectivity index (χ2v) is 6.88. The quantitative estimate of drug-likeness (QED) is 0.464. The minimum Gasteiger partial charge on any atom is -0.322 e. The highest BCUT2D eigenvalue weighted by molar-refractivity contribution is 14.1. The summed E-state index contributed by atoms with van der Waals surface area (Å²) in [5, 5.41) is 2.95. The molecule has 0 saturated heterocycles. The number of carbonyl (C=O) groups is 1. The number of hydrogen-bond acceptors (Lipinski definition) is 2. The van der Waals surface area contributed by atoms with Crippen LogP contribution in [0.3, 0.4) is 0 Å². The summed E-state index contributed by atoms with van der Waals surface area (Å²) in [7, 11) is 0. The Labute approximate surface area is 158 Å². The number of pyridine rings is 1. The Morgan fingerprint density at radius 3 is 2.72 bits per heavy atom. The molecule has 2 aromatic carbocycles. The van der Waals surface area contributed by atoms with Gasteiger partial charge in [0.2, 0.25) is 0 Å². The molecular weight excluding hydrogens is 425 g/mol. The number of hydrogen-bond donors (Lipinski definition) is 1. The van der Waals surface area contributed by atoms with Crippen molar-refractivity contribution in [2.75, 3.05) is 5.32 Å². The second-order valence-electron chi connectivity index (χ2n) is 5.64. The minimum atomic E-state index is -0.120. The molecule has 1 N–H and O–H groups in total. The molecule has 2 aromatic heterocycles. The topological polar surface area (TPSA) is 46.4 Å². The number of fused-ring (bicyclic) bond motifs is 1. The predicted molar refractivity (Wildman–Crippen MR) is 108 cm³/mol. The van der Waals surface area contributed by atoms with Gasteiger partial charge in [-0.15, -0.1) is 0 Å².